The van der Waals surface area contributed by atoms with Crippen LogP contribution in [0.15, 0.2) is 9.42 Å². The van der Waals surface area contributed by atoms with Crippen LogP contribution < -0.4 is 5.73 Å². The van der Waals surface area contributed by atoms with E-state index in [0.29, 0.717) is 31.0 Å². The molecule has 98 valence electrons. The molecule has 0 radical (unpaired) electrons. The first-order valence-electron chi connectivity index (χ1n) is 5.11. The lowest BCUT2D eigenvalue weighted by Gasteiger charge is -2.15. The number of hydrogen-bond donors (Lipinski definition) is 1. The van der Waals surface area contributed by atoms with Gasteiger partial charge in [-0.05, 0) is 20.3 Å². The SMILES string of the molecule is Cc1noc(C)c1S(=O)(=O)N1CC[C@H](N)C1.Cl. The monoisotopic (exact) mass is 281 g/mol. The molecule has 1 aliphatic rings. The number of hydrogen-bond acceptors (Lipinski definition) is 5. The lowest BCUT2D eigenvalue weighted by atomic mass is 10.3. The van der Waals surface area contributed by atoms with Crippen LogP contribution in [0.4, 0.5) is 0 Å². The smallest absolute Gasteiger partial charge is 0.248 e. The molecule has 1 saturated heterocycles. The van der Waals surface area contributed by atoms with E-state index in [4.69, 9.17) is 10.3 Å². The summed E-state index contributed by atoms with van der Waals surface area (Å²) in [7, 11) is -3.49. The Morgan fingerprint density at radius 2 is 2.12 bits per heavy atom. The highest BCUT2D eigenvalue weighted by Gasteiger charge is 2.34. The third kappa shape index (κ3) is 2.47. The van der Waals surface area contributed by atoms with Crippen LogP contribution >= 0.6 is 12.4 Å². The molecule has 0 unspecified atom stereocenters. The third-order valence-corrected chi connectivity index (χ3v) is 4.86. The van der Waals surface area contributed by atoms with Crippen LogP contribution in [0, 0.1) is 13.8 Å². The minimum atomic E-state index is -3.49. The molecule has 0 aliphatic carbocycles. The Bertz CT molecular complexity index is 480. The van der Waals surface area contributed by atoms with Crippen molar-refractivity contribution in [2.24, 2.45) is 5.73 Å². The first-order valence-corrected chi connectivity index (χ1v) is 6.55. The molecule has 2 N–H and O–H groups in total. The summed E-state index contributed by atoms with van der Waals surface area (Å²) in [6.07, 6.45) is 0.697. The first-order chi connectivity index (χ1) is 7.43. The lowest BCUT2D eigenvalue weighted by Crippen LogP contribution is -2.32. The van der Waals surface area contributed by atoms with Gasteiger partial charge >= 0.3 is 0 Å². The summed E-state index contributed by atoms with van der Waals surface area (Å²) in [5.41, 5.74) is 6.11. The molecule has 1 atom stereocenters. The number of aromatic nitrogens is 1. The number of sulfonamides is 1. The Hall–Kier alpha value is -0.630. The molecule has 0 aromatic carbocycles. The van der Waals surface area contributed by atoms with Crippen molar-refractivity contribution in [2.75, 3.05) is 13.1 Å². The zero-order chi connectivity index (χ0) is 11.9. The minimum absolute atomic E-state index is 0. The van der Waals surface area contributed by atoms with Gasteiger partial charge in [0.15, 0.2) is 5.76 Å². The Morgan fingerprint density at radius 3 is 2.53 bits per heavy atom. The second-order valence-corrected chi connectivity index (χ2v) is 5.94. The van der Waals surface area contributed by atoms with E-state index >= 15 is 0 Å². The fraction of sp³-hybridized carbons (Fsp3) is 0.667. The Kier molecular flexibility index (Phi) is 4.19. The van der Waals surface area contributed by atoms with Crippen LogP contribution in [0.1, 0.15) is 17.9 Å². The molecular formula is C9H16ClN3O3S. The number of rotatable bonds is 2. The molecule has 1 fully saturated rings. The number of halogens is 1. The largest absolute Gasteiger partial charge is 0.360 e. The molecule has 0 bridgehead atoms. The van der Waals surface area contributed by atoms with Crippen molar-refractivity contribution in [1.82, 2.24) is 9.46 Å². The maximum atomic E-state index is 12.3. The van der Waals surface area contributed by atoms with Gasteiger partial charge in [0, 0.05) is 19.1 Å². The fourth-order valence-corrected chi connectivity index (χ4v) is 3.75. The van der Waals surface area contributed by atoms with Crippen molar-refractivity contribution in [3.8, 4) is 0 Å². The van der Waals surface area contributed by atoms with Crippen molar-refractivity contribution in [1.29, 1.82) is 0 Å². The highest BCUT2D eigenvalue weighted by Crippen LogP contribution is 2.25. The topological polar surface area (TPSA) is 89.4 Å². The molecule has 0 amide bonds. The molecule has 1 aliphatic heterocycles. The second-order valence-electron chi connectivity index (χ2n) is 4.07. The van der Waals surface area contributed by atoms with Gasteiger partial charge in [0.25, 0.3) is 0 Å². The summed E-state index contributed by atoms with van der Waals surface area (Å²) in [4.78, 5) is 0.182. The number of aryl methyl sites for hydroxylation is 2. The van der Waals surface area contributed by atoms with E-state index in [9.17, 15) is 8.42 Å². The summed E-state index contributed by atoms with van der Waals surface area (Å²) in [5, 5.41) is 3.66. The highest BCUT2D eigenvalue weighted by atomic mass is 35.5. The van der Waals surface area contributed by atoms with Gasteiger partial charge in [-0.15, -0.1) is 12.4 Å². The molecule has 0 saturated carbocycles. The van der Waals surface area contributed by atoms with Gasteiger partial charge in [-0.1, -0.05) is 5.16 Å². The second kappa shape index (κ2) is 4.93. The standard InChI is InChI=1S/C9H15N3O3S.ClH/c1-6-9(7(2)15-11-6)16(13,14)12-4-3-8(10)5-12;/h8H,3-5,10H2,1-2H3;1H/t8-;/m0./s1. The van der Waals surface area contributed by atoms with Gasteiger partial charge in [-0.2, -0.15) is 4.31 Å². The van der Waals surface area contributed by atoms with Crippen molar-refractivity contribution >= 4 is 22.4 Å². The molecule has 0 spiro atoms. The fourth-order valence-electron chi connectivity index (χ4n) is 1.94. The van der Waals surface area contributed by atoms with E-state index in [0.717, 1.165) is 0 Å². The van der Waals surface area contributed by atoms with Gasteiger partial charge < -0.3 is 10.3 Å². The summed E-state index contributed by atoms with van der Waals surface area (Å²) < 4.78 is 30.8. The van der Waals surface area contributed by atoms with Crippen molar-refractivity contribution in [3.05, 3.63) is 11.5 Å². The van der Waals surface area contributed by atoms with E-state index in [1.54, 1.807) is 13.8 Å². The Labute approximate surface area is 107 Å². The average Bonchev–Trinajstić information content (AvgIpc) is 2.74. The molecule has 1 aromatic rings. The van der Waals surface area contributed by atoms with E-state index in [-0.39, 0.29) is 23.3 Å². The van der Waals surface area contributed by atoms with Crippen molar-refractivity contribution in [2.45, 2.75) is 31.2 Å². The zero-order valence-corrected chi connectivity index (χ0v) is 11.3. The average molecular weight is 282 g/mol. The third-order valence-electron chi connectivity index (χ3n) is 2.75. The van der Waals surface area contributed by atoms with Crippen LogP contribution in [0.5, 0.6) is 0 Å². The minimum Gasteiger partial charge on any atom is -0.360 e. The van der Waals surface area contributed by atoms with Crippen LogP contribution in [0.25, 0.3) is 0 Å². The molecule has 2 rings (SSSR count). The maximum absolute atomic E-state index is 12.3. The quantitative estimate of drug-likeness (QED) is 0.849. The molecule has 17 heavy (non-hydrogen) atoms. The normalized spacial score (nSPS) is 21.5. The van der Waals surface area contributed by atoms with Gasteiger partial charge in [0.05, 0.1) is 0 Å². The van der Waals surface area contributed by atoms with E-state index in [2.05, 4.69) is 5.16 Å². The van der Waals surface area contributed by atoms with E-state index < -0.39 is 10.0 Å². The zero-order valence-electron chi connectivity index (χ0n) is 9.71. The molecular weight excluding hydrogens is 266 g/mol. The molecule has 1 aromatic heterocycles. The predicted octanol–water partition coefficient (Wildman–Crippen LogP) is 0.435. The highest BCUT2D eigenvalue weighted by molar-refractivity contribution is 7.89. The summed E-state index contributed by atoms with van der Waals surface area (Å²) in [6, 6.07) is -0.0738. The number of nitrogens with two attached hydrogens (primary N) is 1. The van der Waals surface area contributed by atoms with Crippen LogP contribution in [0.2, 0.25) is 0 Å². The lowest BCUT2D eigenvalue weighted by molar-refractivity contribution is 0.389. The first kappa shape index (κ1) is 14.4. The van der Waals surface area contributed by atoms with E-state index in [1.165, 1.54) is 4.31 Å². The summed E-state index contributed by atoms with van der Waals surface area (Å²) in [5.74, 6) is 0.331. The predicted molar refractivity (Wildman–Crippen MR) is 64.6 cm³/mol. The van der Waals surface area contributed by atoms with Crippen LogP contribution in [0.3, 0.4) is 0 Å². The van der Waals surface area contributed by atoms with E-state index in [1.807, 2.05) is 0 Å². The Balaban J connectivity index is 0.00000144. The summed E-state index contributed by atoms with van der Waals surface area (Å²) >= 11 is 0. The maximum Gasteiger partial charge on any atom is 0.248 e. The van der Waals surface area contributed by atoms with Crippen molar-refractivity contribution < 1.29 is 12.9 Å². The summed E-state index contributed by atoms with van der Waals surface area (Å²) in [6.45, 7) is 4.06. The van der Waals surface area contributed by atoms with Crippen LogP contribution in [-0.2, 0) is 10.0 Å². The van der Waals surface area contributed by atoms with Gasteiger partial charge in [-0.25, -0.2) is 8.42 Å². The van der Waals surface area contributed by atoms with Gasteiger partial charge in [0.1, 0.15) is 10.6 Å². The molecule has 2 heterocycles. The molecule has 8 heteroatoms. The van der Waals surface area contributed by atoms with Gasteiger partial charge in [-0.3, -0.25) is 0 Å². The van der Waals surface area contributed by atoms with Crippen molar-refractivity contribution in [3.63, 3.8) is 0 Å². The molecule has 6 nitrogen and oxygen atoms in total. The van der Waals surface area contributed by atoms with Crippen LogP contribution in [-0.4, -0.2) is 37.0 Å². The Morgan fingerprint density at radius 1 is 1.47 bits per heavy atom. The van der Waals surface area contributed by atoms with Gasteiger partial charge in [0.2, 0.25) is 10.0 Å². The number of nitrogens with zero attached hydrogens (tertiary/aromatic N) is 2.